The van der Waals surface area contributed by atoms with Gasteiger partial charge in [-0.15, -0.1) is 23.1 Å². The number of nitrogens with one attached hydrogen (secondary N) is 1. The van der Waals surface area contributed by atoms with E-state index in [2.05, 4.69) is 27.7 Å². The van der Waals surface area contributed by atoms with Gasteiger partial charge in [0.25, 0.3) is 0 Å². The van der Waals surface area contributed by atoms with Crippen LogP contribution in [0, 0.1) is 5.92 Å². The molecule has 1 fully saturated rings. The van der Waals surface area contributed by atoms with Crippen LogP contribution in [0.3, 0.4) is 0 Å². The summed E-state index contributed by atoms with van der Waals surface area (Å²) >= 11 is 3.40. The van der Waals surface area contributed by atoms with E-state index in [-0.39, 0.29) is 5.91 Å². The van der Waals surface area contributed by atoms with E-state index in [0.717, 1.165) is 49.7 Å². The molecule has 0 saturated carbocycles. The lowest BCUT2D eigenvalue weighted by Gasteiger charge is -2.31. The third-order valence-electron chi connectivity index (χ3n) is 4.76. The van der Waals surface area contributed by atoms with Crippen LogP contribution in [0.25, 0.3) is 0 Å². The van der Waals surface area contributed by atoms with Crippen LogP contribution in [0.4, 0.5) is 0 Å². The van der Waals surface area contributed by atoms with Gasteiger partial charge in [0.05, 0.1) is 12.4 Å². The van der Waals surface area contributed by atoms with Crippen LogP contribution in [0.5, 0.6) is 5.75 Å². The second-order valence-corrected chi connectivity index (χ2v) is 8.88. The van der Waals surface area contributed by atoms with Gasteiger partial charge in [-0.25, -0.2) is 0 Å². The predicted molar refractivity (Wildman–Crippen MR) is 114 cm³/mol. The Kier molecular flexibility index (Phi) is 8.05. The van der Waals surface area contributed by atoms with Crippen molar-refractivity contribution in [2.75, 3.05) is 32.0 Å². The number of likely N-dealkylation sites (tertiary alicyclic amines) is 1. The zero-order chi connectivity index (χ0) is 18.9. The molecule has 2 heterocycles. The number of carbonyl (C=O) groups excluding carboxylic acids is 1. The fourth-order valence-electron chi connectivity index (χ4n) is 3.23. The van der Waals surface area contributed by atoms with Gasteiger partial charge in [-0.3, -0.25) is 9.69 Å². The molecule has 0 bridgehead atoms. The molecule has 1 amide bonds. The van der Waals surface area contributed by atoms with Crippen LogP contribution in [0.1, 0.15) is 24.6 Å². The Morgan fingerprint density at radius 1 is 1.26 bits per heavy atom. The molecule has 2 aromatic rings. The Morgan fingerprint density at radius 2 is 2.04 bits per heavy atom. The summed E-state index contributed by atoms with van der Waals surface area (Å²) in [6, 6.07) is 12.2. The molecule has 6 heteroatoms. The van der Waals surface area contributed by atoms with Crippen molar-refractivity contribution in [2.45, 2.75) is 31.2 Å². The quantitative estimate of drug-likeness (QED) is 0.634. The molecule has 0 atom stereocenters. The zero-order valence-electron chi connectivity index (χ0n) is 15.9. The highest BCUT2D eigenvalue weighted by molar-refractivity contribution is 8.00. The number of benzene rings is 1. The van der Waals surface area contributed by atoms with Gasteiger partial charge in [-0.1, -0.05) is 6.07 Å². The van der Waals surface area contributed by atoms with E-state index in [4.69, 9.17) is 4.74 Å². The van der Waals surface area contributed by atoms with Gasteiger partial charge < -0.3 is 10.1 Å². The minimum atomic E-state index is 0.120. The molecule has 1 aromatic heterocycles. The largest absolute Gasteiger partial charge is 0.494 e. The molecular weight excluding hydrogens is 376 g/mol. The lowest BCUT2D eigenvalue weighted by atomic mass is 9.97. The number of hydrogen-bond acceptors (Lipinski definition) is 5. The van der Waals surface area contributed by atoms with Gasteiger partial charge in [0, 0.05) is 22.9 Å². The molecule has 0 spiro atoms. The number of ether oxygens (including phenoxy) is 1. The third-order valence-corrected chi connectivity index (χ3v) is 6.63. The molecule has 1 aliphatic rings. The Labute approximate surface area is 170 Å². The Balaban J connectivity index is 1.30. The average molecular weight is 405 g/mol. The van der Waals surface area contributed by atoms with E-state index in [0.29, 0.717) is 18.3 Å². The van der Waals surface area contributed by atoms with Gasteiger partial charge in [0.1, 0.15) is 5.75 Å². The van der Waals surface area contributed by atoms with E-state index in [1.165, 1.54) is 4.88 Å². The second-order valence-electron chi connectivity index (χ2n) is 6.80. The molecule has 1 aliphatic heterocycles. The van der Waals surface area contributed by atoms with Crippen LogP contribution in [-0.4, -0.2) is 42.8 Å². The zero-order valence-corrected chi connectivity index (χ0v) is 17.5. The smallest absolute Gasteiger partial charge is 0.230 e. The first-order valence-corrected chi connectivity index (χ1v) is 11.5. The highest BCUT2D eigenvalue weighted by Gasteiger charge is 2.20. The number of carbonyl (C=O) groups is 1. The van der Waals surface area contributed by atoms with E-state index < -0.39 is 0 Å². The molecule has 4 nitrogen and oxygen atoms in total. The van der Waals surface area contributed by atoms with Crippen LogP contribution >= 0.6 is 23.1 Å². The molecule has 1 aromatic carbocycles. The fraction of sp³-hybridized carbons (Fsp3) is 0.476. The van der Waals surface area contributed by atoms with Crippen LogP contribution in [-0.2, 0) is 11.3 Å². The highest BCUT2D eigenvalue weighted by atomic mass is 32.2. The monoisotopic (exact) mass is 404 g/mol. The molecule has 1 saturated heterocycles. The van der Waals surface area contributed by atoms with E-state index in [1.54, 1.807) is 11.8 Å². The summed E-state index contributed by atoms with van der Waals surface area (Å²) in [6.45, 7) is 6.76. The van der Waals surface area contributed by atoms with Crippen molar-refractivity contribution >= 4 is 29.0 Å². The SMILES string of the molecule is CCOc1ccc(SCC(=O)NCC2CCN(Cc3cccs3)CC2)cc1. The molecule has 27 heavy (non-hydrogen) atoms. The highest BCUT2D eigenvalue weighted by Crippen LogP contribution is 2.22. The predicted octanol–water partition coefficient (Wildman–Crippen LogP) is 4.27. The van der Waals surface area contributed by atoms with Crippen molar-refractivity contribution < 1.29 is 9.53 Å². The standard InChI is InChI=1S/C21H28N2O2S2/c1-2-25-18-5-7-19(8-6-18)27-16-21(24)22-14-17-9-11-23(12-10-17)15-20-4-3-13-26-20/h3-8,13,17H,2,9-12,14-16H2,1H3,(H,22,24). The normalized spacial score (nSPS) is 15.6. The maximum Gasteiger partial charge on any atom is 0.230 e. The van der Waals surface area contributed by atoms with Gasteiger partial charge in [-0.05, 0) is 74.5 Å². The van der Waals surface area contributed by atoms with Crippen molar-refractivity contribution in [1.82, 2.24) is 10.2 Å². The summed E-state index contributed by atoms with van der Waals surface area (Å²) in [7, 11) is 0. The molecule has 3 rings (SSSR count). The van der Waals surface area contributed by atoms with Crippen LogP contribution in [0.2, 0.25) is 0 Å². The van der Waals surface area contributed by atoms with Crippen molar-refractivity contribution in [3.05, 3.63) is 46.7 Å². The number of nitrogens with zero attached hydrogens (tertiary/aromatic N) is 1. The number of hydrogen-bond donors (Lipinski definition) is 1. The summed E-state index contributed by atoms with van der Waals surface area (Å²) in [5.41, 5.74) is 0. The number of amides is 1. The number of thiophene rings is 1. The summed E-state index contributed by atoms with van der Waals surface area (Å²) in [5, 5.41) is 5.26. The topological polar surface area (TPSA) is 41.6 Å². The summed E-state index contributed by atoms with van der Waals surface area (Å²) in [5.74, 6) is 2.06. The molecular formula is C21H28N2O2S2. The molecule has 0 aliphatic carbocycles. The first-order valence-electron chi connectivity index (χ1n) is 9.60. The third kappa shape index (κ3) is 6.87. The Morgan fingerprint density at radius 3 is 2.70 bits per heavy atom. The van der Waals surface area contributed by atoms with Gasteiger partial charge in [-0.2, -0.15) is 0 Å². The minimum Gasteiger partial charge on any atom is -0.494 e. The number of piperidine rings is 1. The van der Waals surface area contributed by atoms with Crippen molar-refractivity contribution in [2.24, 2.45) is 5.92 Å². The summed E-state index contributed by atoms with van der Waals surface area (Å²) < 4.78 is 5.44. The van der Waals surface area contributed by atoms with Crippen molar-refractivity contribution in [3.8, 4) is 5.75 Å². The second kappa shape index (κ2) is 10.7. The Hall–Kier alpha value is -1.50. The number of rotatable bonds is 9. The van der Waals surface area contributed by atoms with Crippen molar-refractivity contribution in [1.29, 1.82) is 0 Å². The molecule has 146 valence electrons. The van der Waals surface area contributed by atoms with E-state index in [9.17, 15) is 4.79 Å². The maximum atomic E-state index is 12.1. The first-order chi connectivity index (χ1) is 13.2. The lowest BCUT2D eigenvalue weighted by Crippen LogP contribution is -2.38. The molecule has 0 unspecified atom stereocenters. The van der Waals surface area contributed by atoms with Crippen LogP contribution < -0.4 is 10.1 Å². The molecule has 1 N–H and O–H groups in total. The van der Waals surface area contributed by atoms with E-state index in [1.807, 2.05) is 42.5 Å². The first kappa shape index (κ1) is 20.2. The lowest BCUT2D eigenvalue weighted by molar-refractivity contribution is -0.118. The van der Waals surface area contributed by atoms with E-state index >= 15 is 0 Å². The number of thioether (sulfide) groups is 1. The van der Waals surface area contributed by atoms with Crippen LogP contribution in [0.15, 0.2) is 46.7 Å². The van der Waals surface area contributed by atoms with Gasteiger partial charge >= 0.3 is 0 Å². The van der Waals surface area contributed by atoms with Gasteiger partial charge in [0.15, 0.2) is 0 Å². The van der Waals surface area contributed by atoms with Crippen molar-refractivity contribution in [3.63, 3.8) is 0 Å². The fourth-order valence-corrected chi connectivity index (χ4v) is 4.70. The van der Waals surface area contributed by atoms with Gasteiger partial charge in [0.2, 0.25) is 5.91 Å². The molecule has 0 radical (unpaired) electrons. The summed E-state index contributed by atoms with van der Waals surface area (Å²) in [4.78, 5) is 17.2. The summed E-state index contributed by atoms with van der Waals surface area (Å²) in [6.07, 6.45) is 2.33. The average Bonchev–Trinajstić information content (AvgIpc) is 3.20. The maximum absolute atomic E-state index is 12.1. The minimum absolute atomic E-state index is 0.120. The Bertz CT molecular complexity index is 681.